The molecule has 1 heterocycles. The predicted molar refractivity (Wildman–Crippen MR) is 68.5 cm³/mol. The smallest absolute Gasteiger partial charge is 0.181 e. The van der Waals surface area contributed by atoms with Gasteiger partial charge in [-0.05, 0) is 36.4 Å². The summed E-state index contributed by atoms with van der Waals surface area (Å²) >= 11 is 0. The molecule has 2 aromatic carbocycles. The number of oxazole rings is 1. The molecule has 3 aromatic rings. The second-order valence-corrected chi connectivity index (χ2v) is 3.81. The maximum absolute atomic E-state index is 5.70. The molecule has 0 fully saturated rings. The predicted octanol–water partition coefficient (Wildman–Crippen LogP) is 4.13. The van der Waals surface area contributed by atoms with E-state index < -0.39 is 0 Å². The summed E-state index contributed by atoms with van der Waals surface area (Å²) < 4.78 is 10.9. The molecule has 0 N–H and O–H groups in total. The van der Waals surface area contributed by atoms with Crippen LogP contribution >= 0.6 is 0 Å². The van der Waals surface area contributed by atoms with Gasteiger partial charge in [0, 0.05) is 5.56 Å². The Morgan fingerprint density at radius 1 is 0.833 bits per heavy atom. The zero-order valence-corrected chi connectivity index (χ0v) is 9.61. The summed E-state index contributed by atoms with van der Waals surface area (Å²) in [6, 6.07) is 17.4. The highest BCUT2D eigenvalue weighted by Crippen LogP contribution is 2.25. The minimum atomic E-state index is 0.751. The first-order valence-electron chi connectivity index (χ1n) is 5.64. The van der Waals surface area contributed by atoms with Gasteiger partial charge in [-0.2, -0.15) is 0 Å². The highest BCUT2D eigenvalue weighted by molar-refractivity contribution is 5.57. The molecule has 0 radical (unpaired) electrons. The summed E-state index contributed by atoms with van der Waals surface area (Å²) in [5, 5.41) is 0. The molecule has 0 bridgehead atoms. The van der Waals surface area contributed by atoms with E-state index in [-0.39, 0.29) is 0 Å². The Hall–Kier alpha value is -2.55. The lowest BCUT2D eigenvalue weighted by molar-refractivity contribution is 0.482. The van der Waals surface area contributed by atoms with Crippen molar-refractivity contribution in [2.75, 3.05) is 0 Å². The van der Waals surface area contributed by atoms with Gasteiger partial charge in [-0.1, -0.05) is 18.2 Å². The normalized spacial score (nSPS) is 10.2. The van der Waals surface area contributed by atoms with Gasteiger partial charge in [-0.15, -0.1) is 0 Å². The number of rotatable bonds is 3. The van der Waals surface area contributed by atoms with Gasteiger partial charge in [0.25, 0.3) is 0 Å². The second-order valence-electron chi connectivity index (χ2n) is 3.81. The van der Waals surface area contributed by atoms with Crippen LogP contribution in [0.15, 0.2) is 71.6 Å². The van der Waals surface area contributed by atoms with Crippen molar-refractivity contribution in [2.45, 2.75) is 0 Å². The Morgan fingerprint density at radius 3 is 2.22 bits per heavy atom. The molecule has 0 aliphatic rings. The van der Waals surface area contributed by atoms with Crippen molar-refractivity contribution in [1.29, 1.82) is 0 Å². The average Bonchev–Trinajstić information content (AvgIpc) is 2.95. The van der Waals surface area contributed by atoms with Crippen molar-refractivity contribution in [3.05, 3.63) is 67.2 Å². The van der Waals surface area contributed by atoms with Crippen LogP contribution < -0.4 is 4.74 Å². The fourth-order valence-electron chi connectivity index (χ4n) is 1.67. The van der Waals surface area contributed by atoms with Gasteiger partial charge in [0.05, 0.1) is 6.20 Å². The molecule has 0 saturated heterocycles. The number of benzene rings is 2. The molecule has 0 aliphatic heterocycles. The molecule has 3 nitrogen and oxygen atoms in total. The van der Waals surface area contributed by atoms with Gasteiger partial charge in [0.1, 0.15) is 11.5 Å². The first-order chi connectivity index (χ1) is 8.92. The van der Waals surface area contributed by atoms with E-state index in [1.54, 1.807) is 6.20 Å². The summed E-state index contributed by atoms with van der Waals surface area (Å²) in [6.45, 7) is 0. The Morgan fingerprint density at radius 2 is 1.56 bits per heavy atom. The van der Waals surface area contributed by atoms with Crippen LogP contribution in [0.2, 0.25) is 0 Å². The molecule has 1 aromatic heterocycles. The molecule has 0 spiro atoms. The maximum atomic E-state index is 5.70. The largest absolute Gasteiger partial charge is 0.457 e. The minimum absolute atomic E-state index is 0.751. The number of hydrogen-bond donors (Lipinski definition) is 0. The first kappa shape index (κ1) is 10.6. The van der Waals surface area contributed by atoms with Crippen molar-refractivity contribution in [3.63, 3.8) is 0 Å². The lowest BCUT2D eigenvalue weighted by Gasteiger charge is -2.05. The van der Waals surface area contributed by atoms with Crippen LogP contribution in [0, 0.1) is 0 Å². The number of nitrogens with zero attached hydrogens (tertiary/aromatic N) is 1. The third-order valence-electron chi connectivity index (χ3n) is 2.55. The minimum Gasteiger partial charge on any atom is -0.457 e. The molecule has 0 amide bonds. The summed E-state index contributed by atoms with van der Waals surface area (Å²) in [4.78, 5) is 3.89. The molecule has 0 atom stereocenters. The number of aromatic nitrogens is 1. The quantitative estimate of drug-likeness (QED) is 0.686. The van der Waals surface area contributed by atoms with Crippen molar-refractivity contribution in [2.24, 2.45) is 0 Å². The van der Waals surface area contributed by atoms with Crippen LogP contribution in [0.1, 0.15) is 0 Å². The van der Waals surface area contributed by atoms with Crippen LogP contribution in [0.25, 0.3) is 11.3 Å². The lowest BCUT2D eigenvalue weighted by Crippen LogP contribution is -1.83. The van der Waals surface area contributed by atoms with E-state index in [1.165, 1.54) is 6.39 Å². The van der Waals surface area contributed by atoms with E-state index >= 15 is 0 Å². The second kappa shape index (κ2) is 4.75. The molecule has 0 saturated carbocycles. The number of hydrogen-bond acceptors (Lipinski definition) is 3. The molecule has 18 heavy (non-hydrogen) atoms. The van der Waals surface area contributed by atoms with Crippen LogP contribution in [-0.2, 0) is 0 Å². The van der Waals surface area contributed by atoms with Crippen LogP contribution in [0.4, 0.5) is 0 Å². The van der Waals surface area contributed by atoms with E-state index in [1.807, 2.05) is 54.6 Å². The van der Waals surface area contributed by atoms with Crippen LogP contribution in [-0.4, -0.2) is 4.98 Å². The standard InChI is InChI=1S/C15H11NO2/c1-2-4-13(5-3-1)18-14-8-6-12(7-9-14)15-10-16-11-17-15/h1-11H. The first-order valence-corrected chi connectivity index (χ1v) is 5.64. The molecule has 88 valence electrons. The van der Waals surface area contributed by atoms with Gasteiger partial charge in [-0.25, -0.2) is 4.98 Å². The Labute approximate surface area is 105 Å². The fraction of sp³-hybridized carbons (Fsp3) is 0. The Kier molecular flexibility index (Phi) is 2.80. The SMILES string of the molecule is c1ccc(Oc2ccc(-c3cnco3)cc2)cc1. The van der Waals surface area contributed by atoms with E-state index in [0.717, 1.165) is 22.8 Å². The molecule has 0 unspecified atom stereocenters. The average molecular weight is 237 g/mol. The lowest BCUT2D eigenvalue weighted by atomic mass is 10.2. The molecular weight excluding hydrogens is 226 g/mol. The third-order valence-corrected chi connectivity index (χ3v) is 2.55. The number of para-hydroxylation sites is 1. The van der Waals surface area contributed by atoms with Crippen molar-refractivity contribution in [1.82, 2.24) is 4.98 Å². The summed E-state index contributed by atoms with van der Waals surface area (Å²) in [6.07, 6.45) is 3.11. The molecule has 3 rings (SSSR count). The molecule has 3 heteroatoms. The zero-order chi connectivity index (χ0) is 12.2. The van der Waals surface area contributed by atoms with Gasteiger partial charge in [0.15, 0.2) is 12.2 Å². The van der Waals surface area contributed by atoms with E-state index in [2.05, 4.69) is 4.98 Å². The van der Waals surface area contributed by atoms with Crippen molar-refractivity contribution >= 4 is 0 Å². The van der Waals surface area contributed by atoms with Gasteiger partial charge in [-0.3, -0.25) is 0 Å². The Bertz CT molecular complexity index is 601. The fourth-order valence-corrected chi connectivity index (χ4v) is 1.67. The van der Waals surface area contributed by atoms with Gasteiger partial charge < -0.3 is 9.15 Å². The van der Waals surface area contributed by atoms with E-state index in [9.17, 15) is 0 Å². The highest BCUT2D eigenvalue weighted by atomic mass is 16.5. The number of ether oxygens (including phenoxy) is 1. The molecule has 0 aliphatic carbocycles. The van der Waals surface area contributed by atoms with E-state index in [4.69, 9.17) is 9.15 Å². The monoisotopic (exact) mass is 237 g/mol. The summed E-state index contributed by atoms with van der Waals surface area (Å²) in [5.41, 5.74) is 0.980. The molecular formula is C15H11NO2. The van der Waals surface area contributed by atoms with Gasteiger partial charge in [0.2, 0.25) is 0 Å². The van der Waals surface area contributed by atoms with Crippen molar-refractivity contribution in [3.8, 4) is 22.8 Å². The maximum Gasteiger partial charge on any atom is 0.181 e. The van der Waals surface area contributed by atoms with Crippen LogP contribution in [0.3, 0.4) is 0 Å². The summed E-state index contributed by atoms with van der Waals surface area (Å²) in [7, 11) is 0. The van der Waals surface area contributed by atoms with Crippen molar-refractivity contribution < 1.29 is 9.15 Å². The van der Waals surface area contributed by atoms with Gasteiger partial charge >= 0.3 is 0 Å². The Balaban J connectivity index is 1.80. The van der Waals surface area contributed by atoms with Crippen LogP contribution in [0.5, 0.6) is 11.5 Å². The third kappa shape index (κ3) is 2.25. The van der Waals surface area contributed by atoms with E-state index in [0.29, 0.717) is 0 Å². The summed E-state index contributed by atoms with van der Waals surface area (Å²) in [5.74, 6) is 2.37. The highest BCUT2D eigenvalue weighted by Gasteiger charge is 2.02. The topological polar surface area (TPSA) is 35.3 Å². The zero-order valence-electron chi connectivity index (χ0n) is 9.61.